The zero-order valence-corrected chi connectivity index (χ0v) is 13.9. The van der Waals surface area contributed by atoms with Gasteiger partial charge in [0.05, 0.1) is 0 Å². The first kappa shape index (κ1) is 17.1. The molecule has 25 heavy (non-hydrogen) atoms. The molecule has 2 aromatic rings. The second-order valence-electron chi connectivity index (χ2n) is 6.11. The van der Waals surface area contributed by atoms with Crippen LogP contribution in [-0.4, -0.2) is 34.5 Å². The van der Waals surface area contributed by atoms with Gasteiger partial charge >= 0.3 is 5.97 Å². The minimum atomic E-state index is -0.838. The Morgan fingerprint density at radius 2 is 1.96 bits per heavy atom. The second kappa shape index (κ2) is 7.88. The molecular formula is C19H21NO5. The van der Waals surface area contributed by atoms with E-state index >= 15 is 0 Å². The summed E-state index contributed by atoms with van der Waals surface area (Å²) in [5.74, 6) is 0.0578. The molecule has 0 bridgehead atoms. The fourth-order valence-electron chi connectivity index (χ4n) is 3.09. The zero-order chi connectivity index (χ0) is 17.6. The van der Waals surface area contributed by atoms with Crippen molar-refractivity contribution in [2.75, 3.05) is 6.54 Å². The topological polar surface area (TPSA) is 80.0 Å². The van der Waals surface area contributed by atoms with E-state index in [-0.39, 0.29) is 30.1 Å². The monoisotopic (exact) mass is 343 g/mol. The highest BCUT2D eigenvalue weighted by Gasteiger charge is 2.29. The predicted molar refractivity (Wildman–Crippen MR) is 90.8 cm³/mol. The Kier molecular flexibility index (Phi) is 5.38. The van der Waals surface area contributed by atoms with Crippen LogP contribution in [0, 0.1) is 0 Å². The molecule has 1 aliphatic heterocycles. The third kappa shape index (κ3) is 4.41. The summed E-state index contributed by atoms with van der Waals surface area (Å²) in [5.41, 5.74) is 0. The Labute approximate surface area is 146 Å². The van der Waals surface area contributed by atoms with Gasteiger partial charge in [0.1, 0.15) is 5.75 Å². The molecule has 1 aromatic carbocycles. The first-order valence-corrected chi connectivity index (χ1v) is 8.49. The van der Waals surface area contributed by atoms with Crippen LogP contribution in [0.4, 0.5) is 0 Å². The molecule has 1 aliphatic rings. The van der Waals surface area contributed by atoms with E-state index in [1.165, 1.54) is 0 Å². The smallest absolute Gasteiger partial charge is 0.303 e. The Morgan fingerprint density at radius 3 is 2.72 bits per heavy atom. The van der Waals surface area contributed by atoms with Crippen LogP contribution in [0.1, 0.15) is 42.7 Å². The number of hydrogen-bond donors (Lipinski definition) is 1. The first-order chi connectivity index (χ1) is 12.1. The van der Waals surface area contributed by atoms with Gasteiger partial charge in [-0.25, -0.2) is 0 Å². The summed E-state index contributed by atoms with van der Waals surface area (Å²) in [4.78, 5) is 25.3. The minimum Gasteiger partial charge on any atom is -0.481 e. The van der Waals surface area contributed by atoms with Crippen molar-refractivity contribution in [2.24, 2.45) is 0 Å². The van der Waals surface area contributed by atoms with Crippen molar-refractivity contribution < 1.29 is 23.8 Å². The standard InChI is InChI=1S/C19H21NO5/c21-17(22)11-9-14-6-4-5-13-20(14)19(23)16-10-12-18(25-16)24-15-7-2-1-3-8-15/h1-3,7-8,10,12,14H,4-6,9,11,13H2,(H,21,22). The summed E-state index contributed by atoms with van der Waals surface area (Å²) in [6, 6.07) is 12.4. The van der Waals surface area contributed by atoms with Gasteiger partial charge in [-0.05, 0) is 43.9 Å². The molecule has 1 fully saturated rings. The molecular weight excluding hydrogens is 322 g/mol. The number of aliphatic carboxylic acids is 1. The fraction of sp³-hybridized carbons (Fsp3) is 0.368. The molecule has 3 rings (SSSR count). The van der Waals surface area contributed by atoms with Gasteiger partial charge in [-0.2, -0.15) is 0 Å². The molecule has 0 aliphatic carbocycles. The van der Waals surface area contributed by atoms with E-state index in [1.807, 2.05) is 18.2 Å². The lowest BCUT2D eigenvalue weighted by Gasteiger charge is -2.35. The third-order valence-electron chi connectivity index (χ3n) is 4.33. The zero-order valence-electron chi connectivity index (χ0n) is 13.9. The molecule has 1 N–H and O–H groups in total. The van der Waals surface area contributed by atoms with Crippen LogP contribution in [0.5, 0.6) is 11.7 Å². The predicted octanol–water partition coefficient (Wildman–Crippen LogP) is 3.93. The number of likely N-dealkylation sites (tertiary alicyclic amines) is 1. The summed E-state index contributed by atoms with van der Waals surface area (Å²) in [5, 5.41) is 8.89. The Balaban J connectivity index is 1.68. The molecule has 1 saturated heterocycles. The molecule has 6 heteroatoms. The van der Waals surface area contributed by atoms with Crippen LogP contribution in [-0.2, 0) is 4.79 Å². The van der Waals surface area contributed by atoms with Crippen molar-refractivity contribution in [3.8, 4) is 11.7 Å². The molecule has 1 aromatic heterocycles. The van der Waals surface area contributed by atoms with E-state index in [2.05, 4.69) is 0 Å². The minimum absolute atomic E-state index is 0.0547. The molecule has 2 heterocycles. The summed E-state index contributed by atoms with van der Waals surface area (Å²) in [6.07, 6.45) is 3.29. The molecule has 0 spiro atoms. The number of amides is 1. The largest absolute Gasteiger partial charge is 0.481 e. The highest BCUT2D eigenvalue weighted by molar-refractivity contribution is 5.92. The van der Waals surface area contributed by atoms with E-state index in [0.717, 1.165) is 19.3 Å². The summed E-state index contributed by atoms with van der Waals surface area (Å²) in [6.45, 7) is 0.624. The first-order valence-electron chi connectivity index (χ1n) is 8.49. The van der Waals surface area contributed by atoms with E-state index in [4.69, 9.17) is 14.3 Å². The quantitative estimate of drug-likeness (QED) is 0.859. The Morgan fingerprint density at radius 1 is 1.16 bits per heavy atom. The summed E-state index contributed by atoms with van der Waals surface area (Å²) >= 11 is 0. The average molecular weight is 343 g/mol. The van der Waals surface area contributed by atoms with Gasteiger partial charge in [0.15, 0.2) is 5.76 Å². The van der Waals surface area contributed by atoms with Crippen molar-refractivity contribution in [1.29, 1.82) is 0 Å². The number of carbonyl (C=O) groups is 2. The van der Waals surface area contributed by atoms with Gasteiger partial charge in [-0.3, -0.25) is 9.59 Å². The number of benzene rings is 1. The summed E-state index contributed by atoms with van der Waals surface area (Å²) < 4.78 is 11.1. The SMILES string of the molecule is O=C(O)CCC1CCCCN1C(=O)c1ccc(Oc2ccccc2)o1. The van der Waals surface area contributed by atoms with E-state index < -0.39 is 5.97 Å². The maximum absolute atomic E-state index is 12.7. The number of nitrogens with zero attached hydrogens (tertiary/aromatic N) is 1. The average Bonchev–Trinajstić information content (AvgIpc) is 3.09. The molecule has 0 radical (unpaired) electrons. The number of carboxylic acid groups (broad SMARTS) is 1. The lowest BCUT2D eigenvalue weighted by atomic mass is 9.97. The van der Waals surface area contributed by atoms with Gasteiger partial charge in [0.2, 0.25) is 0 Å². The van der Waals surface area contributed by atoms with Crippen molar-refractivity contribution >= 4 is 11.9 Å². The molecule has 132 valence electrons. The van der Waals surface area contributed by atoms with Gasteiger partial charge in [-0.15, -0.1) is 0 Å². The van der Waals surface area contributed by atoms with Crippen LogP contribution < -0.4 is 4.74 Å². The summed E-state index contributed by atoms with van der Waals surface area (Å²) in [7, 11) is 0. The number of ether oxygens (including phenoxy) is 1. The van der Waals surface area contributed by atoms with Crippen LogP contribution >= 0.6 is 0 Å². The molecule has 6 nitrogen and oxygen atoms in total. The maximum Gasteiger partial charge on any atom is 0.303 e. The Hall–Kier alpha value is -2.76. The van der Waals surface area contributed by atoms with Gasteiger partial charge in [-0.1, -0.05) is 18.2 Å². The number of rotatable bonds is 6. The van der Waals surface area contributed by atoms with Crippen LogP contribution in [0.25, 0.3) is 0 Å². The number of piperidine rings is 1. The van der Waals surface area contributed by atoms with Gasteiger partial charge < -0.3 is 19.2 Å². The number of para-hydroxylation sites is 1. The second-order valence-corrected chi connectivity index (χ2v) is 6.11. The van der Waals surface area contributed by atoms with Crippen LogP contribution in [0.15, 0.2) is 46.9 Å². The fourth-order valence-corrected chi connectivity index (χ4v) is 3.09. The van der Waals surface area contributed by atoms with Crippen LogP contribution in [0.3, 0.4) is 0 Å². The van der Waals surface area contributed by atoms with E-state index in [1.54, 1.807) is 29.2 Å². The highest BCUT2D eigenvalue weighted by Crippen LogP contribution is 2.27. The van der Waals surface area contributed by atoms with Crippen molar-refractivity contribution in [2.45, 2.75) is 38.1 Å². The molecule has 1 unspecified atom stereocenters. The van der Waals surface area contributed by atoms with Crippen LogP contribution in [0.2, 0.25) is 0 Å². The number of carbonyl (C=O) groups excluding carboxylic acids is 1. The number of carboxylic acids is 1. The maximum atomic E-state index is 12.7. The van der Waals surface area contributed by atoms with Crippen molar-refractivity contribution in [3.63, 3.8) is 0 Å². The number of hydrogen-bond acceptors (Lipinski definition) is 4. The van der Waals surface area contributed by atoms with Gasteiger partial charge in [0.25, 0.3) is 11.9 Å². The lowest BCUT2D eigenvalue weighted by Crippen LogP contribution is -2.43. The molecule has 0 saturated carbocycles. The highest BCUT2D eigenvalue weighted by atomic mass is 16.6. The molecule has 1 amide bonds. The van der Waals surface area contributed by atoms with Crippen molar-refractivity contribution in [3.05, 3.63) is 48.2 Å². The van der Waals surface area contributed by atoms with Gasteiger partial charge in [0, 0.05) is 25.1 Å². The normalized spacial score (nSPS) is 17.3. The third-order valence-corrected chi connectivity index (χ3v) is 4.33. The Bertz CT molecular complexity index is 724. The lowest BCUT2D eigenvalue weighted by molar-refractivity contribution is -0.137. The van der Waals surface area contributed by atoms with Crippen molar-refractivity contribution in [1.82, 2.24) is 4.90 Å². The van der Waals surface area contributed by atoms with E-state index in [0.29, 0.717) is 18.7 Å². The number of furan rings is 1. The van der Waals surface area contributed by atoms with E-state index in [9.17, 15) is 9.59 Å². The molecule has 1 atom stereocenters.